The van der Waals surface area contributed by atoms with Crippen LogP contribution in [0, 0.1) is 5.82 Å². The minimum Gasteiger partial charge on any atom is -0.472 e. The van der Waals surface area contributed by atoms with E-state index in [2.05, 4.69) is 21.7 Å². The van der Waals surface area contributed by atoms with E-state index >= 15 is 0 Å². The number of nitrogens with zero attached hydrogens (tertiary/aromatic N) is 2. The molecule has 2 aliphatic heterocycles. The van der Waals surface area contributed by atoms with Crippen LogP contribution in [0.3, 0.4) is 0 Å². The summed E-state index contributed by atoms with van der Waals surface area (Å²) in [5, 5.41) is 6.40. The predicted octanol–water partition coefficient (Wildman–Crippen LogP) is 2.94. The van der Waals surface area contributed by atoms with E-state index < -0.39 is 5.82 Å². The summed E-state index contributed by atoms with van der Waals surface area (Å²) in [5.74, 6) is -0.425. The molecule has 1 aromatic carbocycles. The lowest BCUT2D eigenvalue weighted by atomic mass is 9.99. The molecule has 27 heavy (non-hydrogen) atoms. The SMILES string of the molecule is O=C(Nc1cccc2c1CCNC2)N1CCC(Oc2ncccc2F)CC1. The van der Waals surface area contributed by atoms with Gasteiger partial charge in [-0.3, -0.25) is 0 Å². The second-order valence-electron chi connectivity index (χ2n) is 6.89. The fourth-order valence-electron chi connectivity index (χ4n) is 3.64. The number of nitrogens with one attached hydrogen (secondary N) is 2. The molecular weight excluding hydrogens is 347 g/mol. The molecule has 1 fully saturated rings. The Morgan fingerprint density at radius 3 is 2.93 bits per heavy atom. The van der Waals surface area contributed by atoms with Crippen molar-refractivity contribution in [3.05, 3.63) is 53.5 Å². The number of pyridine rings is 1. The lowest BCUT2D eigenvalue weighted by Crippen LogP contribution is -2.44. The summed E-state index contributed by atoms with van der Waals surface area (Å²) in [7, 11) is 0. The highest BCUT2D eigenvalue weighted by Crippen LogP contribution is 2.24. The predicted molar refractivity (Wildman–Crippen MR) is 100 cm³/mol. The molecule has 2 N–H and O–H groups in total. The van der Waals surface area contributed by atoms with Crippen LogP contribution in [-0.4, -0.2) is 41.7 Å². The average molecular weight is 370 g/mol. The van der Waals surface area contributed by atoms with Gasteiger partial charge in [-0.25, -0.2) is 14.2 Å². The first-order chi connectivity index (χ1) is 13.2. The van der Waals surface area contributed by atoms with Crippen molar-refractivity contribution in [2.45, 2.75) is 31.9 Å². The molecule has 0 bridgehead atoms. The van der Waals surface area contributed by atoms with E-state index in [4.69, 9.17) is 4.74 Å². The van der Waals surface area contributed by atoms with Gasteiger partial charge in [-0.1, -0.05) is 12.1 Å². The Kier molecular flexibility index (Phi) is 5.20. The Balaban J connectivity index is 1.33. The Labute approximate surface area is 157 Å². The number of ether oxygens (including phenoxy) is 1. The number of fused-ring (bicyclic) bond motifs is 1. The number of urea groups is 1. The maximum absolute atomic E-state index is 13.7. The lowest BCUT2D eigenvalue weighted by Gasteiger charge is -2.32. The number of hydrogen-bond acceptors (Lipinski definition) is 4. The third-order valence-corrected chi connectivity index (χ3v) is 5.11. The summed E-state index contributed by atoms with van der Waals surface area (Å²) >= 11 is 0. The number of hydrogen-bond donors (Lipinski definition) is 2. The molecule has 0 unspecified atom stereocenters. The van der Waals surface area contributed by atoms with Crippen molar-refractivity contribution >= 4 is 11.7 Å². The number of aromatic nitrogens is 1. The summed E-state index contributed by atoms with van der Waals surface area (Å²) in [6, 6.07) is 8.81. The molecule has 1 aromatic heterocycles. The molecule has 2 amide bonds. The Bertz CT molecular complexity index is 821. The van der Waals surface area contributed by atoms with Crippen molar-refractivity contribution in [1.82, 2.24) is 15.2 Å². The third kappa shape index (κ3) is 4.03. The Morgan fingerprint density at radius 2 is 2.11 bits per heavy atom. The van der Waals surface area contributed by atoms with Gasteiger partial charge < -0.3 is 20.3 Å². The minimum absolute atomic E-state index is 0.0323. The maximum atomic E-state index is 13.7. The number of likely N-dealkylation sites (tertiary alicyclic amines) is 1. The average Bonchev–Trinajstić information content (AvgIpc) is 2.70. The number of rotatable bonds is 3. The number of benzene rings is 1. The molecule has 2 aliphatic rings. The molecular formula is C20H23FN4O2. The highest BCUT2D eigenvalue weighted by Gasteiger charge is 2.25. The van der Waals surface area contributed by atoms with E-state index in [0.717, 1.165) is 25.2 Å². The van der Waals surface area contributed by atoms with E-state index in [-0.39, 0.29) is 18.0 Å². The van der Waals surface area contributed by atoms with E-state index in [0.29, 0.717) is 25.9 Å². The molecule has 2 aromatic rings. The standard InChI is InChI=1S/C20H23FN4O2/c21-17-4-2-9-23-19(17)27-15-7-11-25(12-8-15)20(26)24-18-5-1-3-14-13-22-10-6-16(14)18/h1-5,9,15,22H,6-8,10-13H2,(H,24,26). The first-order valence-corrected chi connectivity index (χ1v) is 9.35. The highest BCUT2D eigenvalue weighted by atomic mass is 19.1. The largest absolute Gasteiger partial charge is 0.472 e. The molecule has 0 atom stereocenters. The number of anilines is 1. The number of piperidine rings is 1. The highest BCUT2D eigenvalue weighted by molar-refractivity contribution is 5.90. The third-order valence-electron chi connectivity index (χ3n) is 5.11. The van der Waals surface area contributed by atoms with Gasteiger partial charge in [0, 0.05) is 44.4 Å². The summed E-state index contributed by atoms with van der Waals surface area (Å²) in [6.07, 6.45) is 3.60. The molecule has 1 saturated heterocycles. The number of halogens is 1. The summed E-state index contributed by atoms with van der Waals surface area (Å²) in [6.45, 7) is 2.90. The summed E-state index contributed by atoms with van der Waals surface area (Å²) in [4.78, 5) is 18.4. The van der Waals surface area contributed by atoms with Crippen LogP contribution < -0.4 is 15.4 Å². The van der Waals surface area contributed by atoms with Gasteiger partial charge in [-0.05, 0) is 42.3 Å². The Hall–Kier alpha value is -2.67. The monoisotopic (exact) mass is 370 g/mol. The van der Waals surface area contributed by atoms with Crippen molar-refractivity contribution in [3.8, 4) is 5.88 Å². The van der Waals surface area contributed by atoms with Crippen molar-refractivity contribution in [2.24, 2.45) is 0 Å². The number of amides is 2. The van der Waals surface area contributed by atoms with Gasteiger partial charge in [0.1, 0.15) is 6.10 Å². The molecule has 0 aliphatic carbocycles. The second-order valence-corrected chi connectivity index (χ2v) is 6.89. The fourth-order valence-corrected chi connectivity index (χ4v) is 3.64. The van der Waals surface area contributed by atoms with Gasteiger partial charge in [0.15, 0.2) is 5.82 Å². The van der Waals surface area contributed by atoms with Gasteiger partial charge in [0.05, 0.1) is 0 Å². The molecule has 0 spiro atoms. The topological polar surface area (TPSA) is 66.5 Å². The van der Waals surface area contributed by atoms with Crippen LogP contribution in [0.4, 0.5) is 14.9 Å². The maximum Gasteiger partial charge on any atom is 0.321 e. The molecule has 142 valence electrons. The van der Waals surface area contributed by atoms with Crippen molar-refractivity contribution < 1.29 is 13.9 Å². The molecule has 4 rings (SSSR count). The van der Waals surface area contributed by atoms with E-state index in [1.165, 1.54) is 29.5 Å². The van der Waals surface area contributed by atoms with E-state index in [9.17, 15) is 9.18 Å². The van der Waals surface area contributed by atoms with Crippen LogP contribution in [0.25, 0.3) is 0 Å². The fraction of sp³-hybridized carbons (Fsp3) is 0.400. The zero-order chi connectivity index (χ0) is 18.6. The van der Waals surface area contributed by atoms with Crippen molar-refractivity contribution in [1.29, 1.82) is 0 Å². The van der Waals surface area contributed by atoms with Crippen molar-refractivity contribution in [3.63, 3.8) is 0 Å². The quantitative estimate of drug-likeness (QED) is 0.872. The van der Waals surface area contributed by atoms with Crippen LogP contribution in [0.5, 0.6) is 5.88 Å². The van der Waals surface area contributed by atoms with Gasteiger partial charge >= 0.3 is 6.03 Å². The van der Waals surface area contributed by atoms with Crippen LogP contribution in [-0.2, 0) is 13.0 Å². The number of carbonyl (C=O) groups is 1. The summed E-state index contributed by atoms with van der Waals surface area (Å²) in [5.41, 5.74) is 3.35. The molecule has 7 heteroatoms. The van der Waals surface area contributed by atoms with E-state index in [1.807, 2.05) is 12.1 Å². The first-order valence-electron chi connectivity index (χ1n) is 9.35. The van der Waals surface area contributed by atoms with Crippen LogP contribution >= 0.6 is 0 Å². The minimum atomic E-state index is -0.457. The molecule has 6 nitrogen and oxygen atoms in total. The van der Waals surface area contributed by atoms with Gasteiger partial charge in [-0.2, -0.15) is 0 Å². The normalized spacial score (nSPS) is 17.3. The van der Waals surface area contributed by atoms with E-state index in [1.54, 1.807) is 4.90 Å². The van der Waals surface area contributed by atoms with Crippen LogP contribution in [0.2, 0.25) is 0 Å². The lowest BCUT2D eigenvalue weighted by molar-refractivity contribution is 0.107. The first kappa shape index (κ1) is 17.7. The Morgan fingerprint density at radius 1 is 1.26 bits per heavy atom. The van der Waals surface area contributed by atoms with Crippen LogP contribution in [0.15, 0.2) is 36.5 Å². The van der Waals surface area contributed by atoms with Gasteiger partial charge in [0.25, 0.3) is 5.88 Å². The van der Waals surface area contributed by atoms with Crippen molar-refractivity contribution in [2.75, 3.05) is 25.0 Å². The molecule has 0 radical (unpaired) electrons. The van der Waals surface area contributed by atoms with Gasteiger partial charge in [0.2, 0.25) is 0 Å². The summed E-state index contributed by atoms with van der Waals surface area (Å²) < 4.78 is 19.3. The smallest absolute Gasteiger partial charge is 0.321 e. The molecule has 3 heterocycles. The molecule has 0 saturated carbocycles. The van der Waals surface area contributed by atoms with Gasteiger partial charge in [-0.15, -0.1) is 0 Å². The second kappa shape index (κ2) is 7.92. The zero-order valence-corrected chi connectivity index (χ0v) is 15.1. The zero-order valence-electron chi connectivity index (χ0n) is 15.1. The van der Waals surface area contributed by atoms with Crippen LogP contribution in [0.1, 0.15) is 24.0 Å². The number of carbonyl (C=O) groups excluding carboxylic acids is 1.